The molecule has 0 aromatic heterocycles. The average molecular weight is 284 g/mol. The summed E-state index contributed by atoms with van der Waals surface area (Å²) in [6.45, 7) is 2.00. The summed E-state index contributed by atoms with van der Waals surface area (Å²) < 4.78 is 0. The first-order valence-corrected chi connectivity index (χ1v) is 7.53. The molecule has 4 heteroatoms. The largest absolute Gasteiger partial charge is 0.365 e. The number of amides is 1. The Kier molecular flexibility index (Phi) is 3.78. The van der Waals surface area contributed by atoms with Crippen molar-refractivity contribution < 1.29 is 9.59 Å². The van der Waals surface area contributed by atoms with Crippen LogP contribution in [0, 0.1) is 11.8 Å². The highest BCUT2D eigenvalue weighted by Crippen LogP contribution is 2.35. The fraction of sp³-hybridized carbons (Fsp3) is 0.412. The molecule has 1 aromatic rings. The van der Waals surface area contributed by atoms with Gasteiger partial charge in [-0.1, -0.05) is 36.8 Å². The van der Waals surface area contributed by atoms with E-state index in [9.17, 15) is 9.59 Å². The predicted octanol–water partition coefficient (Wildman–Crippen LogP) is 2.29. The lowest BCUT2D eigenvalue weighted by Gasteiger charge is -2.34. The predicted molar refractivity (Wildman–Crippen MR) is 80.1 cm³/mol. The zero-order valence-electron chi connectivity index (χ0n) is 12.1. The molecule has 1 aliphatic heterocycles. The molecular weight excluding hydrogens is 264 g/mol. The minimum Gasteiger partial charge on any atom is -0.365 e. The van der Waals surface area contributed by atoms with Crippen LogP contribution >= 0.6 is 0 Å². The van der Waals surface area contributed by atoms with Crippen molar-refractivity contribution in [1.82, 2.24) is 10.6 Å². The molecule has 2 atom stereocenters. The van der Waals surface area contributed by atoms with Gasteiger partial charge in [-0.3, -0.25) is 9.59 Å². The zero-order chi connectivity index (χ0) is 14.8. The number of carbonyl (C=O) groups is 2. The molecule has 0 spiro atoms. The first kappa shape index (κ1) is 13.9. The van der Waals surface area contributed by atoms with Crippen molar-refractivity contribution in [2.24, 2.45) is 11.8 Å². The molecule has 0 bridgehead atoms. The van der Waals surface area contributed by atoms with Gasteiger partial charge in [0.25, 0.3) is 0 Å². The number of ketones is 1. The van der Waals surface area contributed by atoms with Crippen LogP contribution in [-0.4, -0.2) is 11.7 Å². The minimum absolute atomic E-state index is 0.0332. The molecule has 1 fully saturated rings. The first-order chi connectivity index (χ1) is 10.1. The van der Waals surface area contributed by atoms with Crippen LogP contribution in [0.15, 0.2) is 42.2 Å². The van der Waals surface area contributed by atoms with E-state index in [4.69, 9.17) is 0 Å². The smallest absolute Gasteiger partial charge is 0.236 e. The summed E-state index contributed by atoms with van der Waals surface area (Å²) in [4.78, 5) is 24.3. The van der Waals surface area contributed by atoms with E-state index in [0.717, 1.165) is 24.8 Å². The SMILES string of the molecule is C[C@H](NC1=CC(=O)C(C2CCC2)C(=O)N1)c1ccccc1. The van der Waals surface area contributed by atoms with Gasteiger partial charge in [0.15, 0.2) is 5.78 Å². The third-order valence-electron chi connectivity index (χ3n) is 4.43. The van der Waals surface area contributed by atoms with E-state index in [1.807, 2.05) is 37.3 Å². The van der Waals surface area contributed by atoms with Crippen LogP contribution in [0.25, 0.3) is 0 Å². The van der Waals surface area contributed by atoms with Crippen LogP contribution in [0.5, 0.6) is 0 Å². The molecule has 1 aromatic carbocycles. The Labute approximate surface area is 124 Å². The Morgan fingerprint density at radius 3 is 2.48 bits per heavy atom. The molecular formula is C17H20N2O2. The number of hydrogen-bond acceptors (Lipinski definition) is 3. The maximum atomic E-state index is 12.2. The van der Waals surface area contributed by atoms with Crippen LogP contribution in [0.2, 0.25) is 0 Å². The van der Waals surface area contributed by atoms with E-state index in [0.29, 0.717) is 5.82 Å². The summed E-state index contributed by atoms with van der Waals surface area (Å²) in [5.41, 5.74) is 1.11. The number of hydrogen-bond donors (Lipinski definition) is 2. The van der Waals surface area contributed by atoms with Gasteiger partial charge in [0.05, 0.1) is 0 Å². The molecule has 1 amide bonds. The van der Waals surface area contributed by atoms with Gasteiger partial charge in [0, 0.05) is 12.1 Å². The highest BCUT2D eigenvalue weighted by Gasteiger charge is 2.39. The van der Waals surface area contributed by atoms with Crippen LogP contribution in [0.3, 0.4) is 0 Å². The van der Waals surface area contributed by atoms with Crippen LogP contribution in [-0.2, 0) is 9.59 Å². The molecule has 1 heterocycles. The molecule has 2 aliphatic rings. The summed E-state index contributed by atoms with van der Waals surface area (Å²) in [6.07, 6.45) is 4.65. The van der Waals surface area contributed by atoms with Crippen molar-refractivity contribution in [3.63, 3.8) is 0 Å². The van der Waals surface area contributed by atoms with Gasteiger partial charge in [-0.15, -0.1) is 0 Å². The Morgan fingerprint density at radius 2 is 1.90 bits per heavy atom. The Balaban J connectivity index is 1.69. The van der Waals surface area contributed by atoms with Gasteiger partial charge in [-0.25, -0.2) is 0 Å². The van der Waals surface area contributed by atoms with E-state index < -0.39 is 5.92 Å². The summed E-state index contributed by atoms with van der Waals surface area (Å²) in [6, 6.07) is 9.97. The maximum Gasteiger partial charge on any atom is 0.236 e. The lowest BCUT2D eigenvalue weighted by Crippen LogP contribution is -2.47. The second-order valence-corrected chi connectivity index (χ2v) is 5.89. The normalized spacial score (nSPS) is 23.9. The molecule has 0 radical (unpaired) electrons. The number of nitrogens with one attached hydrogen (secondary N) is 2. The second kappa shape index (κ2) is 5.72. The van der Waals surface area contributed by atoms with E-state index in [-0.39, 0.29) is 23.7 Å². The van der Waals surface area contributed by atoms with Gasteiger partial charge in [-0.2, -0.15) is 0 Å². The Morgan fingerprint density at radius 1 is 1.19 bits per heavy atom. The molecule has 1 saturated carbocycles. The standard InChI is InChI=1S/C17H20N2O2/c1-11(12-6-3-2-4-7-12)18-15-10-14(20)16(17(21)19-15)13-8-5-9-13/h2-4,6-7,10-11,13,16,18H,5,8-9H2,1H3,(H,19,21)/t11-,16?/m0/s1. The average Bonchev–Trinajstić information content (AvgIpc) is 2.41. The van der Waals surface area contributed by atoms with Crippen LogP contribution in [0.1, 0.15) is 37.8 Å². The lowest BCUT2D eigenvalue weighted by atomic mass is 9.73. The van der Waals surface area contributed by atoms with Gasteiger partial charge in [0.2, 0.25) is 5.91 Å². The summed E-state index contributed by atoms with van der Waals surface area (Å²) in [5, 5.41) is 6.04. The molecule has 21 heavy (non-hydrogen) atoms. The number of rotatable bonds is 4. The van der Waals surface area contributed by atoms with Crippen molar-refractivity contribution >= 4 is 11.7 Å². The molecule has 0 saturated heterocycles. The lowest BCUT2D eigenvalue weighted by molar-refractivity contribution is -0.136. The molecule has 3 rings (SSSR count). The summed E-state index contributed by atoms with van der Waals surface area (Å²) >= 11 is 0. The Bertz CT molecular complexity index is 576. The van der Waals surface area contributed by atoms with Gasteiger partial charge in [-0.05, 0) is 31.2 Å². The fourth-order valence-electron chi connectivity index (χ4n) is 2.96. The van der Waals surface area contributed by atoms with Crippen LogP contribution in [0.4, 0.5) is 0 Å². The van der Waals surface area contributed by atoms with E-state index in [2.05, 4.69) is 10.6 Å². The zero-order valence-corrected chi connectivity index (χ0v) is 12.1. The third-order valence-corrected chi connectivity index (χ3v) is 4.43. The highest BCUT2D eigenvalue weighted by atomic mass is 16.2. The summed E-state index contributed by atoms with van der Waals surface area (Å²) in [5.74, 6) is 0.0521. The van der Waals surface area contributed by atoms with E-state index in [1.165, 1.54) is 0 Å². The number of benzene rings is 1. The van der Waals surface area contributed by atoms with Gasteiger partial charge in [0.1, 0.15) is 11.7 Å². The highest BCUT2D eigenvalue weighted by molar-refractivity contribution is 6.10. The minimum atomic E-state index is -0.476. The first-order valence-electron chi connectivity index (χ1n) is 7.53. The van der Waals surface area contributed by atoms with E-state index >= 15 is 0 Å². The molecule has 4 nitrogen and oxygen atoms in total. The molecule has 2 N–H and O–H groups in total. The van der Waals surface area contributed by atoms with Crippen molar-refractivity contribution in [2.45, 2.75) is 32.2 Å². The van der Waals surface area contributed by atoms with Crippen molar-refractivity contribution in [2.75, 3.05) is 0 Å². The topological polar surface area (TPSA) is 58.2 Å². The van der Waals surface area contributed by atoms with Gasteiger partial charge < -0.3 is 10.6 Å². The van der Waals surface area contributed by atoms with E-state index in [1.54, 1.807) is 6.08 Å². The monoisotopic (exact) mass is 284 g/mol. The fourth-order valence-corrected chi connectivity index (χ4v) is 2.96. The van der Waals surface area contributed by atoms with Gasteiger partial charge >= 0.3 is 0 Å². The van der Waals surface area contributed by atoms with Crippen molar-refractivity contribution in [3.05, 3.63) is 47.8 Å². The maximum absolute atomic E-state index is 12.2. The second-order valence-electron chi connectivity index (χ2n) is 5.89. The Hall–Kier alpha value is -2.10. The molecule has 110 valence electrons. The number of allylic oxidation sites excluding steroid dienone is 1. The van der Waals surface area contributed by atoms with Crippen LogP contribution < -0.4 is 10.6 Å². The quantitative estimate of drug-likeness (QED) is 0.834. The van der Waals surface area contributed by atoms with Crippen molar-refractivity contribution in [1.29, 1.82) is 0 Å². The molecule has 1 aliphatic carbocycles. The van der Waals surface area contributed by atoms with Crippen molar-refractivity contribution in [3.8, 4) is 0 Å². The number of carbonyl (C=O) groups excluding carboxylic acids is 2. The third kappa shape index (κ3) is 2.84. The molecule has 1 unspecified atom stereocenters. The summed E-state index contributed by atoms with van der Waals surface area (Å²) in [7, 11) is 0.